The van der Waals surface area contributed by atoms with E-state index < -0.39 is 0 Å². The Labute approximate surface area is 129 Å². The van der Waals surface area contributed by atoms with Gasteiger partial charge < -0.3 is 9.46 Å². The molecule has 0 aliphatic rings. The van der Waals surface area contributed by atoms with Gasteiger partial charge in [0.1, 0.15) is 0 Å². The molecule has 0 saturated heterocycles. The number of nitrogens with one attached hydrogen (secondary N) is 1. The number of ether oxygens (including phenoxy) is 1. The maximum atomic E-state index is 11.7. The highest BCUT2D eigenvalue weighted by Gasteiger charge is 2.13. The van der Waals surface area contributed by atoms with E-state index in [2.05, 4.69) is 35.7 Å². The Morgan fingerprint density at radius 2 is 2.19 bits per heavy atom. The van der Waals surface area contributed by atoms with E-state index in [0.717, 1.165) is 17.0 Å². The fourth-order valence-corrected chi connectivity index (χ4v) is 2.89. The first kappa shape index (κ1) is 15.4. The van der Waals surface area contributed by atoms with E-state index >= 15 is 0 Å². The monoisotopic (exact) mass is 302 g/mol. The summed E-state index contributed by atoms with van der Waals surface area (Å²) in [6, 6.07) is 7.87. The Morgan fingerprint density at radius 1 is 1.38 bits per heavy atom. The molecule has 1 N–H and O–H groups in total. The van der Waals surface area contributed by atoms with Crippen molar-refractivity contribution in [2.45, 2.75) is 25.2 Å². The Hall–Kier alpha value is -2.01. The predicted molar refractivity (Wildman–Crippen MR) is 85.6 cm³/mol. The number of nitrogens with zero attached hydrogens (tertiary/aromatic N) is 1. The van der Waals surface area contributed by atoms with Gasteiger partial charge in [0, 0.05) is 12.4 Å². The van der Waals surface area contributed by atoms with Gasteiger partial charge in [-0.2, -0.15) is 0 Å². The van der Waals surface area contributed by atoms with Crippen LogP contribution in [0.1, 0.15) is 28.4 Å². The van der Waals surface area contributed by atoms with E-state index in [0.29, 0.717) is 5.56 Å². The lowest BCUT2D eigenvalue weighted by molar-refractivity contribution is 0.0596. The van der Waals surface area contributed by atoms with Gasteiger partial charge in [-0.3, -0.25) is 4.98 Å². The van der Waals surface area contributed by atoms with E-state index in [1.165, 1.54) is 30.2 Å². The molecule has 2 rings (SSSR count). The maximum Gasteiger partial charge on any atom is 0.339 e. The van der Waals surface area contributed by atoms with Crippen LogP contribution in [0.2, 0.25) is 0 Å². The van der Waals surface area contributed by atoms with Crippen molar-refractivity contribution in [1.29, 1.82) is 0 Å². The molecule has 2 aromatic rings. The van der Waals surface area contributed by atoms with Crippen LogP contribution in [-0.4, -0.2) is 18.1 Å². The summed E-state index contributed by atoms with van der Waals surface area (Å²) < 4.78 is 8.13. The smallest absolute Gasteiger partial charge is 0.339 e. The Morgan fingerprint density at radius 3 is 2.90 bits per heavy atom. The lowest BCUT2D eigenvalue weighted by atomic mass is 10.1. The van der Waals surface area contributed by atoms with Gasteiger partial charge >= 0.3 is 5.97 Å². The number of pyridine rings is 1. The molecule has 0 bridgehead atoms. The quantitative estimate of drug-likeness (QED) is 0.671. The van der Waals surface area contributed by atoms with Crippen LogP contribution in [-0.2, 0) is 11.2 Å². The number of carbonyl (C=O) groups is 1. The molecule has 0 aliphatic heterocycles. The van der Waals surface area contributed by atoms with Crippen LogP contribution in [0.15, 0.2) is 41.6 Å². The maximum absolute atomic E-state index is 11.7. The Kier molecular flexibility index (Phi) is 5.22. The summed E-state index contributed by atoms with van der Waals surface area (Å²) in [5, 5.41) is 0. The molecule has 0 atom stereocenters. The third kappa shape index (κ3) is 3.55. The van der Waals surface area contributed by atoms with Gasteiger partial charge in [0.2, 0.25) is 0 Å². The molecule has 0 fully saturated rings. The highest BCUT2D eigenvalue weighted by Crippen LogP contribution is 2.29. The van der Waals surface area contributed by atoms with E-state index in [-0.39, 0.29) is 5.97 Å². The lowest BCUT2D eigenvalue weighted by Gasteiger charge is -2.14. The van der Waals surface area contributed by atoms with Gasteiger partial charge in [-0.25, -0.2) is 4.79 Å². The first-order valence-corrected chi connectivity index (χ1v) is 7.52. The second-order valence-corrected chi connectivity index (χ2v) is 5.38. The highest BCUT2D eigenvalue weighted by atomic mass is 32.2. The van der Waals surface area contributed by atoms with Gasteiger partial charge in [0.05, 0.1) is 23.3 Å². The van der Waals surface area contributed by atoms with E-state index in [4.69, 9.17) is 4.74 Å². The molecular formula is C16H18N2O2S. The van der Waals surface area contributed by atoms with Crippen molar-refractivity contribution >= 4 is 23.6 Å². The molecule has 1 aromatic carbocycles. The van der Waals surface area contributed by atoms with Crippen molar-refractivity contribution in [2.75, 3.05) is 11.8 Å². The third-order valence-corrected chi connectivity index (χ3v) is 4.04. The summed E-state index contributed by atoms with van der Waals surface area (Å²) in [5.74, 6) is -0.359. The predicted octanol–water partition coefficient (Wildman–Crippen LogP) is 3.86. The van der Waals surface area contributed by atoms with Crippen molar-refractivity contribution in [3.63, 3.8) is 0 Å². The molecule has 1 aromatic heterocycles. The van der Waals surface area contributed by atoms with Crippen molar-refractivity contribution in [3.8, 4) is 0 Å². The first-order chi connectivity index (χ1) is 10.2. The SMILES string of the molecule is CCc1cccc(C)c1NSc1cnccc1C(=O)OC. The number of aryl methyl sites for hydroxylation is 2. The van der Waals surface area contributed by atoms with Crippen LogP contribution in [0.25, 0.3) is 0 Å². The molecular weight excluding hydrogens is 284 g/mol. The topological polar surface area (TPSA) is 51.2 Å². The number of anilines is 1. The number of esters is 1. The number of carbonyl (C=O) groups excluding carboxylic acids is 1. The van der Waals surface area contributed by atoms with E-state index in [1.807, 2.05) is 6.07 Å². The molecule has 0 saturated carbocycles. The summed E-state index contributed by atoms with van der Waals surface area (Å²) in [4.78, 5) is 16.6. The Balaban J connectivity index is 2.23. The van der Waals surface area contributed by atoms with Crippen LogP contribution in [0.5, 0.6) is 0 Å². The first-order valence-electron chi connectivity index (χ1n) is 6.71. The summed E-state index contributed by atoms with van der Waals surface area (Å²) >= 11 is 1.37. The zero-order valence-corrected chi connectivity index (χ0v) is 13.2. The van der Waals surface area contributed by atoms with E-state index in [1.54, 1.807) is 18.5 Å². The standard InChI is InChI=1S/C16H18N2O2S/c1-4-12-7-5-6-11(2)15(12)18-21-14-10-17-9-8-13(14)16(19)20-3/h5-10,18H,4H2,1-3H3. The van der Waals surface area contributed by atoms with E-state index in [9.17, 15) is 4.79 Å². The number of aromatic nitrogens is 1. The molecule has 0 amide bonds. The minimum Gasteiger partial charge on any atom is -0.465 e. The third-order valence-electron chi connectivity index (χ3n) is 3.19. The average Bonchev–Trinajstić information content (AvgIpc) is 2.53. The molecule has 0 spiro atoms. The van der Waals surface area contributed by atoms with Crippen LogP contribution in [0.4, 0.5) is 5.69 Å². The summed E-state index contributed by atoms with van der Waals surface area (Å²) in [6.45, 7) is 4.18. The average molecular weight is 302 g/mol. The number of para-hydroxylation sites is 1. The van der Waals surface area contributed by atoms with Crippen LogP contribution in [0.3, 0.4) is 0 Å². The number of hydrogen-bond donors (Lipinski definition) is 1. The minimum absolute atomic E-state index is 0.359. The molecule has 1 heterocycles. The molecule has 0 unspecified atom stereocenters. The van der Waals surface area contributed by atoms with Crippen LogP contribution in [0, 0.1) is 6.92 Å². The van der Waals surface area contributed by atoms with Crippen molar-refractivity contribution in [2.24, 2.45) is 0 Å². The van der Waals surface area contributed by atoms with Gasteiger partial charge in [-0.15, -0.1) is 0 Å². The fraction of sp³-hybridized carbons (Fsp3) is 0.250. The Bertz CT molecular complexity index is 644. The minimum atomic E-state index is -0.359. The zero-order valence-electron chi connectivity index (χ0n) is 12.3. The van der Waals surface area contributed by atoms with Gasteiger partial charge in [0.25, 0.3) is 0 Å². The number of rotatable bonds is 5. The van der Waals surface area contributed by atoms with Gasteiger partial charge in [0.15, 0.2) is 0 Å². The molecule has 5 heteroatoms. The van der Waals surface area contributed by atoms with Crippen molar-refractivity contribution in [1.82, 2.24) is 4.98 Å². The largest absolute Gasteiger partial charge is 0.465 e. The van der Waals surface area contributed by atoms with Gasteiger partial charge in [-0.05, 0) is 42.5 Å². The highest BCUT2D eigenvalue weighted by molar-refractivity contribution is 8.00. The number of methoxy groups -OCH3 is 1. The summed E-state index contributed by atoms with van der Waals surface area (Å²) in [5.41, 5.74) is 4.01. The zero-order chi connectivity index (χ0) is 15.2. The molecule has 21 heavy (non-hydrogen) atoms. The van der Waals surface area contributed by atoms with Crippen molar-refractivity contribution in [3.05, 3.63) is 53.3 Å². The number of benzene rings is 1. The van der Waals surface area contributed by atoms with Crippen LogP contribution >= 0.6 is 11.9 Å². The molecule has 110 valence electrons. The summed E-state index contributed by atoms with van der Waals surface area (Å²) in [6.07, 6.45) is 4.19. The fourth-order valence-electron chi connectivity index (χ4n) is 2.02. The molecule has 4 nitrogen and oxygen atoms in total. The van der Waals surface area contributed by atoms with Crippen molar-refractivity contribution < 1.29 is 9.53 Å². The second kappa shape index (κ2) is 7.13. The summed E-state index contributed by atoms with van der Waals surface area (Å²) in [7, 11) is 1.38. The van der Waals surface area contributed by atoms with Gasteiger partial charge in [-0.1, -0.05) is 25.1 Å². The normalized spacial score (nSPS) is 10.2. The van der Waals surface area contributed by atoms with Crippen LogP contribution < -0.4 is 4.72 Å². The molecule has 0 radical (unpaired) electrons. The lowest BCUT2D eigenvalue weighted by Crippen LogP contribution is -2.05. The second-order valence-electron chi connectivity index (χ2n) is 4.53. The number of hydrogen-bond acceptors (Lipinski definition) is 5. The molecule has 0 aliphatic carbocycles.